The topological polar surface area (TPSA) is 83.0 Å². The Balaban J connectivity index is 1.14. The predicted octanol–water partition coefficient (Wildman–Crippen LogP) is 3.99. The number of benzene rings is 3. The van der Waals surface area contributed by atoms with Crippen LogP contribution in [-0.4, -0.2) is 48.5 Å². The quantitative estimate of drug-likeness (QED) is 0.423. The van der Waals surface area contributed by atoms with Crippen molar-refractivity contribution in [2.75, 3.05) is 19.6 Å². The number of aliphatic imine (C=N–C) groups is 1. The molecule has 2 amide bonds. The van der Waals surface area contributed by atoms with E-state index in [2.05, 4.69) is 32.7 Å². The van der Waals surface area contributed by atoms with Gasteiger partial charge in [0.25, 0.3) is 0 Å². The molecule has 35 heavy (non-hydrogen) atoms. The number of cyclic esters (lactones) is 1. The van der Waals surface area contributed by atoms with Gasteiger partial charge in [-0.25, -0.2) is 14.6 Å². The van der Waals surface area contributed by atoms with Crippen LogP contribution in [0, 0.1) is 0 Å². The van der Waals surface area contributed by atoms with Crippen LogP contribution in [0.1, 0.15) is 24.0 Å². The molecule has 3 aromatic rings. The van der Waals surface area contributed by atoms with Gasteiger partial charge in [-0.1, -0.05) is 66.7 Å². The number of carbonyl (C=O) groups excluding carboxylic acids is 2. The lowest BCUT2D eigenvalue weighted by atomic mass is 10.0. The molecule has 2 aliphatic rings. The SMILES string of the molecule is O=C(NCCc1ccccc1)NC1CCN(C=C2N=C(c3cccc4ccccc34)OC2=O)CC1. The van der Waals surface area contributed by atoms with Crippen molar-refractivity contribution in [3.63, 3.8) is 0 Å². The van der Waals surface area contributed by atoms with Crippen LogP contribution in [0.25, 0.3) is 10.8 Å². The van der Waals surface area contributed by atoms with E-state index in [-0.39, 0.29) is 12.1 Å². The molecule has 0 atom stereocenters. The molecule has 2 aliphatic heterocycles. The first kappa shape index (κ1) is 22.7. The van der Waals surface area contributed by atoms with E-state index in [4.69, 9.17) is 4.74 Å². The summed E-state index contributed by atoms with van der Waals surface area (Å²) in [5.41, 5.74) is 2.31. The summed E-state index contributed by atoms with van der Waals surface area (Å²) in [5.74, 6) is -0.104. The summed E-state index contributed by atoms with van der Waals surface area (Å²) >= 11 is 0. The zero-order valence-electron chi connectivity index (χ0n) is 19.4. The Bertz CT molecular complexity index is 1270. The smallest absolute Gasteiger partial charge is 0.365 e. The first-order chi connectivity index (χ1) is 17.2. The first-order valence-electron chi connectivity index (χ1n) is 12.0. The van der Waals surface area contributed by atoms with Gasteiger partial charge < -0.3 is 20.3 Å². The molecule has 1 fully saturated rings. The van der Waals surface area contributed by atoms with Gasteiger partial charge in [-0.15, -0.1) is 0 Å². The Morgan fingerprint density at radius 3 is 2.57 bits per heavy atom. The maximum absolute atomic E-state index is 12.5. The van der Waals surface area contributed by atoms with Gasteiger partial charge in [0.15, 0.2) is 5.70 Å². The summed E-state index contributed by atoms with van der Waals surface area (Å²) in [6.07, 6.45) is 4.17. The van der Waals surface area contributed by atoms with E-state index in [1.54, 1.807) is 6.20 Å². The second kappa shape index (κ2) is 10.4. The number of ether oxygens (including phenoxy) is 1. The largest absolute Gasteiger partial charge is 0.402 e. The van der Waals surface area contributed by atoms with E-state index in [1.807, 2.05) is 60.7 Å². The van der Waals surface area contributed by atoms with Gasteiger partial charge in [0, 0.05) is 37.4 Å². The van der Waals surface area contributed by atoms with E-state index in [9.17, 15) is 9.59 Å². The fourth-order valence-electron chi connectivity index (χ4n) is 4.47. The second-order valence-electron chi connectivity index (χ2n) is 8.79. The van der Waals surface area contributed by atoms with Crippen LogP contribution in [0.5, 0.6) is 0 Å². The number of amides is 2. The zero-order valence-corrected chi connectivity index (χ0v) is 19.4. The molecule has 0 unspecified atom stereocenters. The number of fused-ring (bicyclic) bond motifs is 1. The third-order valence-electron chi connectivity index (χ3n) is 6.35. The summed E-state index contributed by atoms with van der Waals surface area (Å²) in [5, 5.41) is 8.06. The number of esters is 1. The van der Waals surface area contributed by atoms with E-state index in [1.165, 1.54) is 5.56 Å². The van der Waals surface area contributed by atoms with Crippen LogP contribution in [0.15, 0.2) is 89.7 Å². The summed E-state index contributed by atoms with van der Waals surface area (Å²) in [6, 6.07) is 23.9. The predicted molar refractivity (Wildman–Crippen MR) is 136 cm³/mol. The highest BCUT2D eigenvalue weighted by Gasteiger charge is 2.27. The molecule has 0 radical (unpaired) electrons. The third-order valence-corrected chi connectivity index (χ3v) is 6.35. The Morgan fingerprint density at radius 1 is 1.00 bits per heavy atom. The second-order valence-corrected chi connectivity index (χ2v) is 8.79. The molecule has 2 N–H and O–H groups in total. The highest BCUT2D eigenvalue weighted by molar-refractivity contribution is 6.16. The van der Waals surface area contributed by atoms with Crippen molar-refractivity contribution >= 4 is 28.7 Å². The number of piperidine rings is 1. The summed E-state index contributed by atoms with van der Waals surface area (Å²) in [7, 11) is 0. The lowest BCUT2D eigenvalue weighted by Gasteiger charge is -2.31. The maximum atomic E-state index is 12.5. The highest BCUT2D eigenvalue weighted by Crippen LogP contribution is 2.24. The summed E-state index contributed by atoms with van der Waals surface area (Å²) in [6.45, 7) is 2.05. The zero-order chi connectivity index (χ0) is 24.0. The van der Waals surface area contributed by atoms with Crippen molar-refractivity contribution in [2.45, 2.75) is 25.3 Å². The number of hydrogen-bond donors (Lipinski definition) is 2. The Kier molecular flexibility index (Phi) is 6.75. The third kappa shape index (κ3) is 5.51. The van der Waals surface area contributed by atoms with Crippen molar-refractivity contribution in [3.05, 3.63) is 95.8 Å². The average Bonchev–Trinajstić information content (AvgIpc) is 3.25. The number of nitrogens with zero attached hydrogens (tertiary/aromatic N) is 2. The monoisotopic (exact) mass is 468 g/mol. The number of carbonyl (C=O) groups is 2. The molecular weight excluding hydrogens is 440 g/mol. The highest BCUT2D eigenvalue weighted by atomic mass is 16.6. The summed E-state index contributed by atoms with van der Waals surface area (Å²) in [4.78, 5) is 31.3. The van der Waals surface area contributed by atoms with Gasteiger partial charge in [0.2, 0.25) is 5.90 Å². The Hall–Kier alpha value is -4.13. The van der Waals surface area contributed by atoms with Crippen LogP contribution in [0.2, 0.25) is 0 Å². The number of likely N-dealkylation sites (tertiary alicyclic amines) is 1. The molecule has 2 heterocycles. The van der Waals surface area contributed by atoms with E-state index < -0.39 is 5.97 Å². The normalized spacial score (nSPS) is 17.4. The first-order valence-corrected chi connectivity index (χ1v) is 12.0. The molecule has 178 valence electrons. The van der Waals surface area contributed by atoms with Crippen LogP contribution < -0.4 is 10.6 Å². The van der Waals surface area contributed by atoms with Gasteiger partial charge in [-0.2, -0.15) is 0 Å². The maximum Gasteiger partial charge on any atom is 0.365 e. The lowest BCUT2D eigenvalue weighted by molar-refractivity contribution is -0.130. The van der Waals surface area contributed by atoms with Gasteiger partial charge >= 0.3 is 12.0 Å². The standard InChI is InChI=1S/C28H28N4O3/c33-27-25(31-26(35-27)24-12-6-10-21-9-4-5-11-23(21)24)19-32-17-14-22(15-18-32)30-28(34)29-16-13-20-7-2-1-3-8-20/h1-12,19,22H,13-18H2,(H2,29,30,34). The van der Waals surface area contributed by atoms with E-state index >= 15 is 0 Å². The van der Waals surface area contributed by atoms with Crippen molar-refractivity contribution in [2.24, 2.45) is 4.99 Å². The minimum Gasteiger partial charge on any atom is -0.402 e. The molecule has 0 saturated carbocycles. The van der Waals surface area contributed by atoms with Gasteiger partial charge in [-0.3, -0.25) is 0 Å². The Labute approximate surface area is 204 Å². The minimum absolute atomic E-state index is 0.103. The fourth-order valence-corrected chi connectivity index (χ4v) is 4.47. The van der Waals surface area contributed by atoms with Gasteiger partial charge in [0.1, 0.15) is 0 Å². The molecule has 0 spiro atoms. The van der Waals surface area contributed by atoms with Crippen molar-refractivity contribution in [1.29, 1.82) is 0 Å². The van der Waals surface area contributed by atoms with Gasteiger partial charge in [-0.05, 0) is 41.7 Å². The molecule has 1 saturated heterocycles. The number of urea groups is 1. The average molecular weight is 469 g/mol. The van der Waals surface area contributed by atoms with Crippen LogP contribution in [0.3, 0.4) is 0 Å². The molecule has 3 aromatic carbocycles. The molecule has 7 heteroatoms. The molecule has 0 bridgehead atoms. The number of rotatable bonds is 6. The summed E-state index contributed by atoms with van der Waals surface area (Å²) < 4.78 is 5.50. The molecule has 0 aromatic heterocycles. The number of nitrogens with one attached hydrogen (secondary N) is 2. The fraction of sp³-hybridized carbons (Fsp3) is 0.250. The number of hydrogen-bond acceptors (Lipinski definition) is 5. The molecule has 7 nitrogen and oxygen atoms in total. The molecular formula is C28H28N4O3. The van der Waals surface area contributed by atoms with E-state index in [0.717, 1.165) is 48.7 Å². The van der Waals surface area contributed by atoms with Crippen LogP contribution in [0.4, 0.5) is 4.79 Å². The molecule has 5 rings (SSSR count). The minimum atomic E-state index is -0.439. The van der Waals surface area contributed by atoms with Crippen LogP contribution >= 0.6 is 0 Å². The molecule has 0 aliphatic carbocycles. The van der Waals surface area contributed by atoms with E-state index in [0.29, 0.717) is 18.1 Å². The van der Waals surface area contributed by atoms with Crippen molar-refractivity contribution in [3.8, 4) is 0 Å². The van der Waals surface area contributed by atoms with Crippen molar-refractivity contribution < 1.29 is 14.3 Å². The Morgan fingerprint density at radius 2 is 1.74 bits per heavy atom. The van der Waals surface area contributed by atoms with Crippen molar-refractivity contribution in [1.82, 2.24) is 15.5 Å². The van der Waals surface area contributed by atoms with Gasteiger partial charge in [0.05, 0.1) is 0 Å². The lowest BCUT2D eigenvalue weighted by Crippen LogP contribution is -2.47. The van der Waals surface area contributed by atoms with Crippen LogP contribution in [-0.2, 0) is 16.0 Å².